The number of hydrogen-bond acceptors (Lipinski definition) is 14. The van der Waals surface area contributed by atoms with E-state index in [1.807, 2.05) is 0 Å². The Morgan fingerprint density at radius 3 is 2.24 bits per heavy atom. The number of hydrogen-bond donors (Lipinski definition) is 8. The van der Waals surface area contributed by atoms with Crippen LogP contribution in [-0.2, 0) is 15.1 Å². The summed E-state index contributed by atoms with van der Waals surface area (Å²) in [6, 6.07) is 4.83. The molecule has 1 aliphatic heterocycles. The predicted molar refractivity (Wildman–Crippen MR) is 119 cm³/mol. The second-order valence-corrected chi connectivity index (χ2v) is 8.95. The molecule has 3 aromatic rings. The zero-order valence-electron chi connectivity index (χ0n) is 18.3. The van der Waals surface area contributed by atoms with Gasteiger partial charge in [0.25, 0.3) is 0 Å². The van der Waals surface area contributed by atoms with E-state index in [0.717, 1.165) is 18.2 Å². The van der Waals surface area contributed by atoms with Crippen LogP contribution in [0.3, 0.4) is 0 Å². The Morgan fingerprint density at radius 1 is 0.919 bits per heavy atom. The molecule has 0 bridgehead atoms. The fourth-order valence-electron chi connectivity index (χ4n) is 3.66. The van der Waals surface area contributed by atoms with Gasteiger partial charge in [0.2, 0.25) is 12.0 Å². The van der Waals surface area contributed by atoms with Crippen LogP contribution in [0.15, 0.2) is 39.5 Å². The molecule has 4 rings (SSSR count). The van der Waals surface area contributed by atoms with Gasteiger partial charge in [0.05, 0.1) is 6.61 Å². The Morgan fingerprint density at radius 2 is 1.62 bits per heavy atom. The highest BCUT2D eigenvalue weighted by molar-refractivity contribution is 7.81. The number of phenols is 3. The van der Waals surface area contributed by atoms with Crippen molar-refractivity contribution in [3.05, 3.63) is 40.6 Å². The highest BCUT2D eigenvalue weighted by Crippen LogP contribution is 2.43. The summed E-state index contributed by atoms with van der Waals surface area (Å²) in [6.45, 7) is -0.834. The quantitative estimate of drug-likeness (QED) is 0.136. The number of aromatic hydroxyl groups is 3. The Kier molecular flexibility index (Phi) is 6.91. The predicted octanol–water partition coefficient (Wildman–Crippen LogP) is -1.06. The van der Waals surface area contributed by atoms with Gasteiger partial charge in [-0.15, -0.1) is 0 Å². The lowest BCUT2D eigenvalue weighted by molar-refractivity contribution is -0.277. The number of phenolic OH excluding ortho intramolecular Hbond substituents is 3. The molecule has 0 amide bonds. The number of fused-ring (bicyclic) bond motifs is 1. The van der Waals surface area contributed by atoms with Crippen molar-refractivity contribution in [2.45, 2.75) is 30.7 Å². The van der Waals surface area contributed by atoms with Crippen LogP contribution in [-0.4, -0.2) is 86.0 Å². The average molecular weight is 544 g/mol. The van der Waals surface area contributed by atoms with Gasteiger partial charge in [0.15, 0.2) is 28.3 Å². The van der Waals surface area contributed by atoms with Crippen molar-refractivity contribution in [2.75, 3.05) is 6.61 Å². The molecule has 15 nitrogen and oxygen atoms in total. The lowest BCUT2D eigenvalue weighted by atomic mass is 9.99. The van der Waals surface area contributed by atoms with E-state index in [9.17, 15) is 53.5 Å². The third-order valence-corrected chi connectivity index (χ3v) is 5.83. The first kappa shape index (κ1) is 26.4. The smallest absolute Gasteiger partial charge is 0.446 e. The zero-order valence-corrected chi connectivity index (χ0v) is 19.1. The SMILES string of the molecule is O=c1cc(-c2ccc(O)c(O)c2)oc2c(O[C@@H]3OC(CO)[C@@H](O)[C@H](O)C3O)c(OS(=O)(=O)O)cc(O)c12. The van der Waals surface area contributed by atoms with Crippen molar-refractivity contribution < 1.29 is 66.8 Å². The zero-order chi connectivity index (χ0) is 27.2. The largest absolute Gasteiger partial charge is 0.507 e. The molecule has 16 heteroatoms. The molecule has 1 saturated heterocycles. The maximum atomic E-state index is 12.9. The molecule has 200 valence electrons. The molecule has 5 atom stereocenters. The van der Waals surface area contributed by atoms with E-state index in [-0.39, 0.29) is 11.3 Å². The highest BCUT2D eigenvalue weighted by atomic mass is 32.3. The minimum absolute atomic E-state index is 0.0358. The highest BCUT2D eigenvalue weighted by Gasteiger charge is 2.45. The van der Waals surface area contributed by atoms with Crippen molar-refractivity contribution in [3.63, 3.8) is 0 Å². The van der Waals surface area contributed by atoms with E-state index in [4.69, 9.17) is 13.9 Å². The Labute approximate surface area is 206 Å². The van der Waals surface area contributed by atoms with Crippen molar-refractivity contribution in [2.24, 2.45) is 0 Å². The second-order valence-electron chi connectivity index (χ2n) is 7.93. The number of rotatable bonds is 6. The van der Waals surface area contributed by atoms with Gasteiger partial charge in [-0.25, -0.2) is 0 Å². The van der Waals surface area contributed by atoms with E-state index in [0.29, 0.717) is 6.07 Å². The molecule has 2 heterocycles. The molecule has 0 saturated carbocycles. The molecule has 37 heavy (non-hydrogen) atoms. The number of aliphatic hydroxyl groups is 4. The van der Waals surface area contributed by atoms with E-state index in [2.05, 4.69) is 4.18 Å². The summed E-state index contributed by atoms with van der Waals surface area (Å²) in [5.74, 6) is -3.99. The van der Waals surface area contributed by atoms with Gasteiger partial charge in [-0.1, -0.05) is 0 Å². The summed E-state index contributed by atoms with van der Waals surface area (Å²) < 4.78 is 52.8. The minimum Gasteiger partial charge on any atom is -0.507 e. The summed E-state index contributed by atoms with van der Waals surface area (Å²) in [7, 11) is -5.26. The minimum atomic E-state index is -5.26. The van der Waals surface area contributed by atoms with Crippen molar-refractivity contribution >= 4 is 21.4 Å². The first-order valence-electron chi connectivity index (χ1n) is 10.3. The first-order valence-corrected chi connectivity index (χ1v) is 11.7. The molecule has 2 unspecified atom stereocenters. The summed E-state index contributed by atoms with van der Waals surface area (Å²) in [5.41, 5.74) is -1.56. The van der Waals surface area contributed by atoms with Gasteiger partial charge in [-0.2, -0.15) is 8.42 Å². The molecule has 0 spiro atoms. The summed E-state index contributed by atoms with van der Waals surface area (Å²) >= 11 is 0. The summed E-state index contributed by atoms with van der Waals surface area (Å²) in [6.07, 6.45) is -9.05. The third kappa shape index (κ3) is 5.12. The van der Waals surface area contributed by atoms with Crippen LogP contribution in [0.1, 0.15) is 0 Å². The van der Waals surface area contributed by atoms with Crippen LogP contribution < -0.4 is 14.3 Å². The Bertz CT molecular complexity index is 1500. The molecule has 1 aromatic heterocycles. The van der Waals surface area contributed by atoms with E-state index < -0.39 is 92.9 Å². The molecule has 0 radical (unpaired) electrons. The van der Waals surface area contributed by atoms with Gasteiger partial charge in [-0.05, 0) is 18.2 Å². The molecule has 1 aliphatic rings. The molecule has 0 aliphatic carbocycles. The van der Waals surface area contributed by atoms with Crippen molar-refractivity contribution in [3.8, 4) is 40.1 Å². The summed E-state index contributed by atoms with van der Waals surface area (Å²) in [4.78, 5) is 12.9. The molecular formula is C21H20O15S. The first-order chi connectivity index (χ1) is 17.3. The van der Waals surface area contributed by atoms with Crippen LogP contribution in [0.25, 0.3) is 22.3 Å². The van der Waals surface area contributed by atoms with Gasteiger partial charge in [-0.3, -0.25) is 9.35 Å². The monoisotopic (exact) mass is 544 g/mol. The lowest BCUT2D eigenvalue weighted by Crippen LogP contribution is -2.60. The van der Waals surface area contributed by atoms with Crippen LogP contribution in [0, 0.1) is 0 Å². The van der Waals surface area contributed by atoms with Crippen LogP contribution in [0.4, 0.5) is 0 Å². The fraction of sp³-hybridized carbons (Fsp3) is 0.286. The van der Waals surface area contributed by atoms with Crippen LogP contribution in [0.5, 0.6) is 28.7 Å². The fourth-order valence-corrected chi connectivity index (χ4v) is 4.01. The van der Waals surface area contributed by atoms with E-state index >= 15 is 0 Å². The molecule has 1 fully saturated rings. The van der Waals surface area contributed by atoms with Gasteiger partial charge in [0, 0.05) is 17.7 Å². The van der Waals surface area contributed by atoms with E-state index in [1.165, 1.54) is 6.07 Å². The van der Waals surface area contributed by atoms with Gasteiger partial charge >= 0.3 is 10.4 Å². The van der Waals surface area contributed by atoms with Gasteiger partial charge < -0.3 is 53.8 Å². The van der Waals surface area contributed by atoms with Crippen molar-refractivity contribution in [1.82, 2.24) is 0 Å². The maximum absolute atomic E-state index is 12.9. The molecular weight excluding hydrogens is 524 g/mol. The van der Waals surface area contributed by atoms with Crippen molar-refractivity contribution in [1.29, 1.82) is 0 Å². The number of benzene rings is 2. The molecule has 2 aromatic carbocycles. The van der Waals surface area contributed by atoms with E-state index in [1.54, 1.807) is 0 Å². The second kappa shape index (κ2) is 9.67. The Hall–Kier alpha value is -3.64. The van der Waals surface area contributed by atoms with Crippen LogP contribution in [0.2, 0.25) is 0 Å². The number of ether oxygens (including phenoxy) is 2. The topological polar surface area (TPSA) is 254 Å². The lowest BCUT2D eigenvalue weighted by Gasteiger charge is -2.39. The third-order valence-electron chi connectivity index (χ3n) is 5.44. The maximum Gasteiger partial charge on any atom is 0.446 e. The van der Waals surface area contributed by atoms with Gasteiger partial charge in [0.1, 0.15) is 41.3 Å². The molecule has 8 N–H and O–H groups in total. The Balaban J connectivity index is 1.95. The normalized spacial score (nSPS) is 24.2. The number of aliphatic hydroxyl groups excluding tert-OH is 4. The average Bonchev–Trinajstić information content (AvgIpc) is 2.81. The summed E-state index contributed by atoms with van der Waals surface area (Å²) in [5, 5.41) is 68.9. The standard InChI is InChI=1S/C21H20O15S/c22-6-14-16(27)17(28)18(29)21(34-14)35-19-13(36-37(30,31)32)5-11(26)15-10(25)4-12(33-20(15)19)7-1-2-8(23)9(24)3-7/h1-5,14,16-18,21-24,26-29H,6H2,(H,30,31,32)/t14?,16-,17+,18?,21+/m1/s1. The van der Waals surface area contributed by atoms with Crippen LogP contribution >= 0.6 is 0 Å².